The average molecular weight is 467 g/mol. The lowest BCUT2D eigenvalue weighted by atomic mass is 9.90. The van der Waals surface area contributed by atoms with Crippen LogP contribution in [0.3, 0.4) is 0 Å². The van der Waals surface area contributed by atoms with Crippen LogP contribution in [0.1, 0.15) is 28.7 Å². The maximum Gasteiger partial charge on any atom is 0.416 e. The van der Waals surface area contributed by atoms with Gasteiger partial charge in [-0.3, -0.25) is 0 Å². The van der Waals surface area contributed by atoms with Crippen molar-refractivity contribution in [3.8, 4) is 11.5 Å². The first kappa shape index (κ1) is 25.8. The number of ether oxygens (including phenoxy) is 3. The predicted octanol–water partition coefficient (Wildman–Crippen LogP) is 4.49. The summed E-state index contributed by atoms with van der Waals surface area (Å²) in [4.78, 5) is 0. The van der Waals surface area contributed by atoms with Crippen LogP contribution in [0.2, 0.25) is 0 Å². The topological polar surface area (TPSA) is 73.9 Å². The molecule has 0 saturated heterocycles. The summed E-state index contributed by atoms with van der Waals surface area (Å²) >= 11 is 0. The number of halogens is 6. The van der Waals surface area contributed by atoms with Gasteiger partial charge in [0.05, 0.1) is 38.6 Å². The molecule has 32 heavy (non-hydrogen) atoms. The van der Waals surface area contributed by atoms with Crippen molar-refractivity contribution in [1.29, 1.82) is 0 Å². The summed E-state index contributed by atoms with van der Waals surface area (Å²) in [5.74, 6) is 0.701. The van der Waals surface area contributed by atoms with E-state index in [0.29, 0.717) is 17.9 Å². The van der Waals surface area contributed by atoms with Crippen molar-refractivity contribution < 1.29 is 45.7 Å². The molecular weight excluding hydrogens is 444 g/mol. The smallest absolute Gasteiger partial charge is 0.416 e. The van der Waals surface area contributed by atoms with Crippen molar-refractivity contribution in [3.63, 3.8) is 0 Å². The van der Waals surface area contributed by atoms with Gasteiger partial charge in [0.15, 0.2) is 0 Å². The monoisotopic (exact) mass is 467 g/mol. The van der Waals surface area contributed by atoms with Crippen LogP contribution in [-0.4, -0.2) is 32.5 Å². The number of benzene rings is 2. The van der Waals surface area contributed by atoms with E-state index in [2.05, 4.69) is 0 Å². The molecule has 2 aromatic rings. The normalized spacial score (nSPS) is 14.2. The molecule has 2 rings (SSSR count). The van der Waals surface area contributed by atoms with Crippen LogP contribution in [0.25, 0.3) is 0 Å². The number of hydrogen-bond acceptors (Lipinski definition) is 5. The number of aliphatic hydroxyl groups is 1. The number of rotatable bonds is 9. The highest BCUT2D eigenvalue weighted by Gasteiger charge is 2.37. The Balaban J connectivity index is 2.30. The number of hydrogen-bond donors (Lipinski definition) is 2. The zero-order valence-corrected chi connectivity index (χ0v) is 17.3. The lowest BCUT2D eigenvalue weighted by Crippen LogP contribution is -2.34. The van der Waals surface area contributed by atoms with Gasteiger partial charge >= 0.3 is 12.4 Å². The van der Waals surface area contributed by atoms with E-state index < -0.39 is 42.3 Å². The van der Waals surface area contributed by atoms with Crippen molar-refractivity contribution >= 4 is 0 Å². The molecule has 0 bridgehead atoms. The summed E-state index contributed by atoms with van der Waals surface area (Å²) in [6.07, 6.45) is -9.94. The number of methoxy groups -OCH3 is 2. The van der Waals surface area contributed by atoms with E-state index in [4.69, 9.17) is 19.9 Å². The van der Waals surface area contributed by atoms with Crippen LogP contribution in [-0.2, 0) is 29.3 Å². The Bertz CT molecular complexity index is 884. The highest BCUT2D eigenvalue weighted by atomic mass is 19.4. The molecule has 0 spiro atoms. The lowest BCUT2D eigenvalue weighted by molar-refractivity contribution is -0.143. The lowest BCUT2D eigenvalue weighted by Gasteiger charge is -2.30. The van der Waals surface area contributed by atoms with Crippen LogP contribution < -0.4 is 15.2 Å². The van der Waals surface area contributed by atoms with Gasteiger partial charge in [-0.05, 0) is 48.9 Å². The third-order valence-electron chi connectivity index (χ3n) is 4.72. The van der Waals surface area contributed by atoms with Gasteiger partial charge in [-0.2, -0.15) is 26.3 Å². The molecular formula is C21H23F6NO4. The standard InChI is InChI=1S/C21H23F6NO4/c1-30-16-3-4-17(18(10-16)31-2)19(29,5-6-28)12-32-11-13-7-14(20(22,23)24)9-15(8-13)21(25,26)27/h3-4,7-10,29H,5-6,11-12,28H2,1-2H3. The molecule has 0 aliphatic carbocycles. The summed E-state index contributed by atoms with van der Waals surface area (Å²) in [6, 6.07) is 5.77. The van der Waals surface area contributed by atoms with Crippen LogP contribution >= 0.6 is 0 Å². The molecule has 0 aliphatic heterocycles. The van der Waals surface area contributed by atoms with E-state index in [0.717, 1.165) is 0 Å². The van der Waals surface area contributed by atoms with Crippen molar-refractivity contribution in [2.75, 3.05) is 27.4 Å². The van der Waals surface area contributed by atoms with Crippen molar-refractivity contribution in [3.05, 3.63) is 58.7 Å². The molecule has 0 aliphatic rings. The minimum atomic E-state index is -4.97. The fourth-order valence-corrected chi connectivity index (χ4v) is 3.15. The predicted molar refractivity (Wildman–Crippen MR) is 103 cm³/mol. The van der Waals surface area contributed by atoms with E-state index in [9.17, 15) is 31.4 Å². The second kappa shape index (κ2) is 9.97. The Morgan fingerprint density at radius 3 is 1.94 bits per heavy atom. The molecule has 0 fully saturated rings. The molecule has 0 aromatic heterocycles. The largest absolute Gasteiger partial charge is 0.497 e. The quantitative estimate of drug-likeness (QED) is 0.532. The summed E-state index contributed by atoms with van der Waals surface area (Å²) in [6.45, 7) is -1.03. The van der Waals surface area contributed by atoms with Gasteiger partial charge in [0.2, 0.25) is 0 Å². The number of alkyl halides is 6. The Morgan fingerprint density at radius 1 is 0.875 bits per heavy atom. The fourth-order valence-electron chi connectivity index (χ4n) is 3.15. The molecule has 0 saturated carbocycles. The van der Waals surface area contributed by atoms with Gasteiger partial charge in [0.1, 0.15) is 17.1 Å². The first-order valence-electron chi connectivity index (χ1n) is 9.35. The van der Waals surface area contributed by atoms with Crippen LogP contribution in [0.4, 0.5) is 26.3 Å². The molecule has 1 unspecified atom stereocenters. The van der Waals surface area contributed by atoms with E-state index in [1.54, 1.807) is 6.07 Å². The SMILES string of the molecule is COc1ccc(C(O)(CCN)COCc2cc(C(F)(F)F)cc(C(F)(F)F)c2)c(OC)c1. The molecule has 11 heteroatoms. The second-order valence-corrected chi connectivity index (χ2v) is 7.04. The molecule has 0 radical (unpaired) electrons. The molecule has 0 amide bonds. The van der Waals surface area contributed by atoms with Gasteiger partial charge in [0.25, 0.3) is 0 Å². The highest BCUT2D eigenvalue weighted by Crippen LogP contribution is 2.38. The Morgan fingerprint density at radius 2 is 1.47 bits per heavy atom. The minimum absolute atomic E-state index is 0.00786. The Hall–Kier alpha value is -2.50. The van der Waals surface area contributed by atoms with Gasteiger partial charge in [0, 0.05) is 11.6 Å². The summed E-state index contributed by atoms with van der Waals surface area (Å²) in [7, 11) is 2.80. The molecule has 3 N–H and O–H groups in total. The highest BCUT2D eigenvalue weighted by molar-refractivity contribution is 5.44. The summed E-state index contributed by atoms with van der Waals surface area (Å²) in [5, 5.41) is 11.1. The van der Waals surface area contributed by atoms with Gasteiger partial charge in [-0.15, -0.1) is 0 Å². The van der Waals surface area contributed by atoms with Crippen LogP contribution in [0, 0.1) is 0 Å². The van der Waals surface area contributed by atoms with Crippen molar-refractivity contribution in [1.82, 2.24) is 0 Å². The zero-order valence-electron chi connectivity index (χ0n) is 17.3. The fraction of sp³-hybridized carbons (Fsp3) is 0.429. The first-order chi connectivity index (χ1) is 14.8. The van der Waals surface area contributed by atoms with Gasteiger partial charge < -0.3 is 25.1 Å². The van der Waals surface area contributed by atoms with E-state index in [1.165, 1.54) is 26.4 Å². The van der Waals surface area contributed by atoms with Crippen molar-refractivity contribution in [2.24, 2.45) is 5.73 Å². The minimum Gasteiger partial charge on any atom is -0.497 e. The van der Waals surface area contributed by atoms with E-state index in [1.807, 2.05) is 0 Å². The third-order valence-corrected chi connectivity index (χ3v) is 4.72. The maximum atomic E-state index is 13.0. The Kier molecular flexibility index (Phi) is 8.02. The van der Waals surface area contributed by atoms with Crippen molar-refractivity contribution in [2.45, 2.75) is 31.0 Å². The van der Waals surface area contributed by atoms with Gasteiger partial charge in [-0.1, -0.05) is 0 Å². The maximum absolute atomic E-state index is 13.0. The molecule has 2 aromatic carbocycles. The van der Waals surface area contributed by atoms with Gasteiger partial charge in [-0.25, -0.2) is 0 Å². The molecule has 178 valence electrons. The first-order valence-corrected chi connectivity index (χ1v) is 9.35. The Labute approximate surface area is 180 Å². The third kappa shape index (κ3) is 6.27. The van der Waals surface area contributed by atoms with Crippen LogP contribution in [0.15, 0.2) is 36.4 Å². The summed E-state index contributed by atoms with van der Waals surface area (Å²) < 4.78 is 93.9. The van der Waals surface area contributed by atoms with E-state index in [-0.39, 0.29) is 35.9 Å². The number of nitrogens with two attached hydrogens (primary N) is 1. The zero-order chi connectivity index (χ0) is 24.2. The molecule has 1 atom stereocenters. The average Bonchev–Trinajstić information content (AvgIpc) is 2.72. The second-order valence-electron chi connectivity index (χ2n) is 7.04. The van der Waals surface area contributed by atoms with Crippen LogP contribution in [0.5, 0.6) is 11.5 Å². The molecule has 5 nitrogen and oxygen atoms in total. The van der Waals surface area contributed by atoms with E-state index >= 15 is 0 Å². The molecule has 0 heterocycles. The summed E-state index contributed by atoms with van der Waals surface area (Å²) in [5.41, 5.74) is 0.930.